The Balaban J connectivity index is 1.75. The Labute approximate surface area is 160 Å². The smallest absolute Gasteiger partial charge is 0.374 e. The van der Waals surface area contributed by atoms with Gasteiger partial charge in [0, 0.05) is 25.1 Å². The van der Waals surface area contributed by atoms with E-state index in [1.807, 2.05) is 4.90 Å². The van der Waals surface area contributed by atoms with E-state index in [0.29, 0.717) is 19.0 Å². The van der Waals surface area contributed by atoms with E-state index in [-0.39, 0.29) is 36.8 Å². The summed E-state index contributed by atoms with van der Waals surface area (Å²) >= 11 is 0. The fourth-order valence-electron chi connectivity index (χ4n) is 4.16. The van der Waals surface area contributed by atoms with Crippen LogP contribution in [-0.4, -0.2) is 59.4 Å². The Morgan fingerprint density at radius 2 is 2.14 bits per heavy atom. The van der Waals surface area contributed by atoms with Gasteiger partial charge in [-0.2, -0.15) is 18.2 Å². The SMILES string of the molecule is CC(C)C(=O)CN1c2nc(N3C[C@@H]4C[C@H]3CO4)cc(=O)n2CC[C@H]1C(F)(F)F. The molecular formula is C18H23F3N4O3. The molecule has 4 rings (SSSR count). The van der Waals surface area contributed by atoms with Crippen molar-refractivity contribution < 1.29 is 22.7 Å². The maximum absolute atomic E-state index is 13.7. The summed E-state index contributed by atoms with van der Waals surface area (Å²) in [4.78, 5) is 32.2. The first-order chi connectivity index (χ1) is 13.1. The van der Waals surface area contributed by atoms with E-state index in [2.05, 4.69) is 4.98 Å². The number of anilines is 2. The van der Waals surface area contributed by atoms with Crippen LogP contribution in [0.5, 0.6) is 0 Å². The second-order valence-corrected chi connectivity index (χ2v) is 8.00. The normalized spacial score (nSPS) is 26.9. The molecule has 1 aromatic heterocycles. The van der Waals surface area contributed by atoms with Crippen LogP contribution in [0, 0.1) is 5.92 Å². The molecule has 1 aromatic rings. The molecular weight excluding hydrogens is 377 g/mol. The van der Waals surface area contributed by atoms with E-state index in [1.165, 1.54) is 10.6 Å². The molecule has 0 amide bonds. The third kappa shape index (κ3) is 3.27. The molecule has 0 aliphatic carbocycles. The van der Waals surface area contributed by atoms with Crippen molar-refractivity contribution in [2.24, 2.45) is 5.92 Å². The molecule has 0 N–H and O–H groups in total. The molecule has 0 radical (unpaired) electrons. The number of hydrogen-bond donors (Lipinski definition) is 0. The van der Waals surface area contributed by atoms with Crippen LogP contribution >= 0.6 is 0 Å². The lowest BCUT2D eigenvalue weighted by Crippen LogP contribution is -2.54. The van der Waals surface area contributed by atoms with E-state index in [9.17, 15) is 22.8 Å². The minimum Gasteiger partial charge on any atom is -0.374 e. The average molecular weight is 400 g/mol. The number of ether oxygens (including phenoxy) is 1. The molecule has 0 unspecified atom stereocenters. The minimum atomic E-state index is -4.52. The number of aromatic nitrogens is 2. The molecule has 10 heteroatoms. The molecule has 2 fully saturated rings. The molecule has 0 aromatic carbocycles. The molecule has 0 saturated carbocycles. The van der Waals surface area contributed by atoms with Gasteiger partial charge in [0.2, 0.25) is 5.95 Å². The minimum absolute atomic E-state index is 0.0622. The summed E-state index contributed by atoms with van der Waals surface area (Å²) < 4.78 is 47.8. The molecule has 4 heterocycles. The Morgan fingerprint density at radius 1 is 1.39 bits per heavy atom. The van der Waals surface area contributed by atoms with Crippen molar-refractivity contribution in [2.75, 3.05) is 29.5 Å². The number of halogens is 3. The Bertz CT molecular complexity index is 838. The first-order valence-corrected chi connectivity index (χ1v) is 9.51. The maximum atomic E-state index is 13.7. The first kappa shape index (κ1) is 19.2. The van der Waals surface area contributed by atoms with Gasteiger partial charge in [-0.3, -0.25) is 14.2 Å². The van der Waals surface area contributed by atoms with Gasteiger partial charge < -0.3 is 14.5 Å². The molecule has 28 heavy (non-hydrogen) atoms. The number of hydrogen-bond acceptors (Lipinski definition) is 6. The lowest BCUT2D eigenvalue weighted by molar-refractivity contribution is -0.153. The summed E-state index contributed by atoms with van der Waals surface area (Å²) in [6.07, 6.45) is -3.92. The first-order valence-electron chi connectivity index (χ1n) is 9.51. The average Bonchev–Trinajstić information content (AvgIpc) is 3.24. The zero-order chi connectivity index (χ0) is 20.2. The highest BCUT2D eigenvalue weighted by Crippen LogP contribution is 2.36. The highest BCUT2D eigenvalue weighted by molar-refractivity contribution is 5.85. The van der Waals surface area contributed by atoms with E-state index in [1.54, 1.807) is 13.8 Å². The Morgan fingerprint density at radius 3 is 2.71 bits per heavy atom. The number of ketones is 1. The summed E-state index contributed by atoms with van der Waals surface area (Å²) in [5, 5.41) is 0. The highest BCUT2D eigenvalue weighted by Gasteiger charge is 2.48. The predicted molar refractivity (Wildman–Crippen MR) is 95.6 cm³/mol. The second kappa shape index (κ2) is 6.75. The van der Waals surface area contributed by atoms with Crippen LogP contribution in [0.15, 0.2) is 10.9 Å². The van der Waals surface area contributed by atoms with E-state index in [0.717, 1.165) is 11.3 Å². The largest absolute Gasteiger partial charge is 0.408 e. The topological polar surface area (TPSA) is 67.7 Å². The molecule has 2 bridgehead atoms. The number of carbonyl (C=O) groups excluding carboxylic acids is 1. The fraction of sp³-hybridized carbons (Fsp3) is 0.722. The van der Waals surface area contributed by atoms with Crippen molar-refractivity contribution >= 4 is 17.5 Å². The van der Waals surface area contributed by atoms with E-state index < -0.39 is 30.2 Å². The number of Topliss-reactive ketones (excluding diaryl/α,β-unsaturated/α-hetero) is 1. The highest BCUT2D eigenvalue weighted by atomic mass is 19.4. The van der Waals surface area contributed by atoms with Crippen molar-refractivity contribution in [1.29, 1.82) is 0 Å². The van der Waals surface area contributed by atoms with Crippen LogP contribution in [-0.2, 0) is 16.1 Å². The fourth-order valence-corrected chi connectivity index (χ4v) is 4.16. The van der Waals surface area contributed by atoms with Crippen molar-refractivity contribution in [3.05, 3.63) is 16.4 Å². The van der Waals surface area contributed by atoms with Gasteiger partial charge in [-0.15, -0.1) is 0 Å². The van der Waals surface area contributed by atoms with Crippen LogP contribution in [0.3, 0.4) is 0 Å². The third-order valence-electron chi connectivity index (χ3n) is 5.78. The molecule has 3 atom stereocenters. The van der Waals surface area contributed by atoms with Gasteiger partial charge >= 0.3 is 6.18 Å². The monoisotopic (exact) mass is 400 g/mol. The van der Waals surface area contributed by atoms with Crippen molar-refractivity contribution in [1.82, 2.24) is 9.55 Å². The predicted octanol–water partition coefficient (Wildman–Crippen LogP) is 1.59. The van der Waals surface area contributed by atoms with Gasteiger partial charge in [-0.1, -0.05) is 13.8 Å². The van der Waals surface area contributed by atoms with Gasteiger partial charge in [0.05, 0.1) is 25.3 Å². The molecule has 154 valence electrons. The molecule has 3 aliphatic rings. The summed E-state index contributed by atoms with van der Waals surface area (Å²) in [6.45, 7) is 3.87. The number of morpholine rings is 1. The quantitative estimate of drug-likeness (QED) is 0.765. The van der Waals surface area contributed by atoms with Crippen LogP contribution in [0.2, 0.25) is 0 Å². The summed E-state index contributed by atoms with van der Waals surface area (Å²) in [5.74, 6) is -0.452. The second-order valence-electron chi connectivity index (χ2n) is 8.00. The maximum Gasteiger partial charge on any atom is 0.408 e. The van der Waals surface area contributed by atoms with Crippen molar-refractivity contribution in [3.8, 4) is 0 Å². The zero-order valence-electron chi connectivity index (χ0n) is 15.8. The van der Waals surface area contributed by atoms with Crippen molar-refractivity contribution in [2.45, 2.75) is 57.6 Å². The summed E-state index contributed by atoms with van der Waals surface area (Å²) in [7, 11) is 0. The number of fused-ring (bicyclic) bond motifs is 3. The lowest BCUT2D eigenvalue weighted by Gasteiger charge is -2.39. The van der Waals surface area contributed by atoms with E-state index in [4.69, 9.17) is 4.74 Å². The Hall–Kier alpha value is -2.10. The third-order valence-corrected chi connectivity index (χ3v) is 5.78. The number of alkyl halides is 3. The molecule has 0 spiro atoms. The number of carbonyl (C=O) groups is 1. The lowest BCUT2D eigenvalue weighted by atomic mass is 10.1. The Kier molecular flexibility index (Phi) is 4.64. The van der Waals surface area contributed by atoms with Gasteiger partial charge in [-0.05, 0) is 12.8 Å². The van der Waals surface area contributed by atoms with Gasteiger partial charge in [0.1, 0.15) is 11.9 Å². The molecule has 7 nitrogen and oxygen atoms in total. The van der Waals surface area contributed by atoms with Crippen molar-refractivity contribution in [3.63, 3.8) is 0 Å². The van der Waals surface area contributed by atoms with Gasteiger partial charge in [-0.25, -0.2) is 0 Å². The van der Waals surface area contributed by atoms with E-state index >= 15 is 0 Å². The van der Waals surface area contributed by atoms with Crippen LogP contribution in [0.1, 0.15) is 26.7 Å². The number of rotatable bonds is 4. The molecule has 2 saturated heterocycles. The van der Waals surface area contributed by atoms with Crippen LogP contribution in [0.25, 0.3) is 0 Å². The van der Waals surface area contributed by atoms with Gasteiger partial charge in [0.15, 0.2) is 5.78 Å². The standard InChI is InChI=1S/C18H23F3N4O3/c1-10(2)13(26)8-25-14(18(19,20)21)3-4-23-16(27)6-15(22-17(23)25)24-7-12-5-11(24)9-28-12/h6,10-12,14H,3-5,7-9H2,1-2H3/t11-,12-,14-/m0/s1. The number of nitrogens with zero attached hydrogens (tertiary/aromatic N) is 4. The van der Waals surface area contributed by atoms with Crippen LogP contribution in [0.4, 0.5) is 24.9 Å². The van der Waals surface area contributed by atoms with Gasteiger partial charge in [0.25, 0.3) is 5.56 Å². The van der Waals surface area contributed by atoms with Crippen LogP contribution < -0.4 is 15.4 Å². The molecule has 3 aliphatic heterocycles. The zero-order valence-corrected chi connectivity index (χ0v) is 15.8. The summed E-state index contributed by atoms with van der Waals surface area (Å²) in [5.41, 5.74) is -0.397. The summed E-state index contributed by atoms with van der Waals surface area (Å²) in [6, 6.07) is -0.385.